The zero-order chi connectivity index (χ0) is 11.7. The van der Waals surface area contributed by atoms with Crippen LogP contribution in [0.3, 0.4) is 0 Å². The van der Waals surface area contributed by atoms with Crippen LogP contribution in [0.5, 0.6) is 0 Å². The van der Waals surface area contributed by atoms with Gasteiger partial charge in [-0.1, -0.05) is 0 Å². The Labute approximate surface area is 91.1 Å². The summed E-state index contributed by atoms with van der Waals surface area (Å²) in [6.07, 6.45) is -0.333. The fourth-order valence-corrected chi connectivity index (χ4v) is 1.70. The van der Waals surface area contributed by atoms with Crippen molar-refractivity contribution in [3.63, 3.8) is 0 Å². The number of ether oxygens (including phenoxy) is 1. The molecule has 1 aromatic rings. The van der Waals surface area contributed by atoms with Gasteiger partial charge in [0.2, 0.25) is 0 Å². The van der Waals surface area contributed by atoms with E-state index in [4.69, 9.17) is 15.6 Å². The van der Waals surface area contributed by atoms with Crippen molar-refractivity contribution in [1.29, 1.82) is 0 Å². The van der Waals surface area contributed by atoms with Crippen molar-refractivity contribution < 1.29 is 14.9 Å². The van der Waals surface area contributed by atoms with E-state index in [-0.39, 0.29) is 18.8 Å². The number of rotatable bonds is 2. The van der Waals surface area contributed by atoms with Gasteiger partial charge in [0.25, 0.3) is 0 Å². The molecule has 4 N–H and O–H groups in total. The highest BCUT2D eigenvalue weighted by Crippen LogP contribution is 2.27. The predicted octanol–water partition coefficient (Wildman–Crippen LogP) is -1.53. The highest BCUT2D eigenvalue weighted by molar-refractivity contribution is 5.23. The number of nitrogens with two attached hydrogens (primary N) is 1. The Kier molecular flexibility index (Phi) is 2.90. The standard InChI is InChI=1S/C9H13N3O4/c10-7-1-2-12(9(15)11-7)8-3-5(14)6(4-13)16-8/h1-2,5-6,8,13-14H,3-4H2,(H2,10,11,15)/t5-,6+,8+/m0/s1/i1+1,2+1,3+1,4+1,5+1,6+1,8+1,9+1,10+1,11+1,12+1. The summed E-state index contributed by atoms with van der Waals surface area (Å²) in [4.78, 5) is 15.0. The van der Waals surface area contributed by atoms with Crippen molar-refractivity contribution in [1.82, 2.24) is 9.55 Å². The molecule has 0 amide bonds. The van der Waals surface area contributed by atoms with Gasteiger partial charge in [-0.15, -0.1) is 0 Å². The van der Waals surface area contributed by atoms with E-state index in [2.05, 4.69) is 4.98 Å². The molecule has 7 heteroatoms. The molecule has 0 unspecified atom stereocenters. The van der Waals surface area contributed by atoms with Gasteiger partial charge in [0.05, 0.1) is 12.7 Å². The van der Waals surface area contributed by atoms with Gasteiger partial charge in [-0.25, -0.2) is 4.79 Å². The monoisotopic (exact) mass is 238 g/mol. The number of nitrogens with zero attached hydrogens (tertiary/aromatic N) is 2. The number of nitrogen functional groups attached to an aromatic ring is 1. The zero-order valence-electron chi connectivity index (χ0n) is 8.48. The van der Waals surface area contributed by atoms with Crippen LogP contribution in [0.15, 0.2) is 17.1 Å². The molecule has 7 nitrogen and oxygen atoms in total. The summed E-state index contributed by atoms with van der Waals surface area (Å²) < 4.78 is 6.56. The minimum absolute atomic E-state index is 0.138. The molecular formula is C9H13N3O4. The number of aliphatic hydroxyl groups is 2. The smallest absolute Gasteiger partial charge is 0.351 e. The highest BCUT2D eigenvalue weighted by atomic mass is 16.8. The molecule has 0 bridgehead atoms. The third-order valence-corrected chi connectivity index (χ3v) is 2.55. The molecule has 0 spiro atoms. The van der Waals surface area contributed by atoms with Crippen molar-refractivity contribution >= 4 is 5.82 Å². The summed E-state index contributed by atoms with van der Waals surface area (Å²) in [5.74, 6) is 0.138. The summed E-state index contributed by atoms with van der Waals surface area (Å²) in [7, 11) is 0. The van der Waals surface area contributed by atoms with Crippen LogP contribution in [-0.4, -0.2) is 38.6 Å². The molecule has 1 aliphatic rings. The number of aliphatic hydroxyl groups excluding tert-OH is 2. The Morgan fingerprint density at radius 1 is 1.69 bits per heavy atom. The zero-order valence-corrected chi connectivity index (χ0v) is 8.48. The van der Waals surface area contributed by atoms with E-state index in [1.54, 1.807) is 0 Å². The largest absolute Gasteiger partial charge is 0.394 e. The third kappa shape index (κ3) is 1.92. The first-order valence-corrected chi connectivity index (χ1v) is 4.91. The minimum atomic E-state index is -0.778. The lowest BCUT2D eigenvalue weighted by molar-refractivity contribution is -0.0458. The van der Waals surface area contributed by atoms with Crippen LogP contribution in [0.1, 0.15) is 12.6 Å². The number of hydrogen-bond donors (Lipinski definition) is 3. The van der Waals surface area contributed by atoms with Crippen LogP contribution < -0.4 is 11.4 Å². The molecule has 0 aliphatic carbocycles. The molecule has 16 heavy (non-hydrogen) atoms. The lowest BCUT2D eigenvalue weighted by Gasteiger charge is -2.13. The van der Waals surface area contributed by atoms with Crippen LogP contribution in [-0.2, 0) is 4.74 Å². The molecule has 0 aromatic carbocycles. The first-order chi connectivity index (χ1) is 7.61. The molecule has 1 aliphatic heterocycles. The fraction of sp³-hybridized carbons (Fsp3) is 0.556. The van der Waals surface area contributed by atoms with Crippen molar-refractivity contribution in [2.75, 3.05) is 12.3 Å². The van der Waals surface area contributed by atoms with E-state index in [0.717, 1.165) is 0 Å². The normalized spacial score (nSPS) is 29.5. The first-order valence-electron chi connectivity index (χ1n) is 4.91. The first kappa shape index (κ1) is 11.1. The Bertz CT molecular complexity index is 433. The van der Waals surface area contributed by atoms with Crippen molar-refractivity contribution in [3.8, 4) is 0 Å². The quantitative estimate of drug-likeness (QED) is 0.425. The molecule has 2 rings (SSSR count). The third-order valence-electron chi connectivity index (χ3n) is 2.55. The molecule has 88 valence electrons. The Morgan fingerprint density at radius 3 is 3.00 bits per heavy atom. The molecule has 0 saturated carbocycles. The summed E-state index contributed by atoms with van der Waals surface area (Å²) >= 11 is 0. The average molecular weight is 238 g/mol. The van der Waals surface area contributed by atoms with Crippen molar-refractivity contribution in [2.24, 2.45) is 0 Å². The number of hydrogen-bond acceptors (Lipinski definition) is 6. The lowest BCUT2D eigenvalue weighted by Crippen LogP contribution is -2.27. The molecular weight excluding hydrogens is 225 g/mol. The van der Waals surface area contributed by atoms with Gasteiger partial charge in [-0.05, 0) is 6.07 Å². The van der Waals surface area contributed by atoms with E-state index < -0.39 is 24.1 Å². The maximum absolute atomic E-state index is 11.5. The number of anilines is 1. The van der Waals surface area contributed by atoms with Crippen molar-refractivity contribution in [2.45, 2.75) is 24.9 Å². The predicted molar refractivity (Wildman–Crippen MR) is 54.5 cm³/mol. The molecule has 1 fully saturated rings. The van der Waals surface area contributed by atoms with E-state index in [0.29, 0.717) is 0 Å². The SMILES string of the molecule is [15NH2]c1[13cH][13cH][15n]([13C@H]2[13CH2][13C@H](O)[13C@@H]([13CH2]O)O2)[13c](=O)[15n]1. The topological polar surface area (TPSA) is 111 Å². The summed E-state index contributed by atoms with van der Waals surface area (Å²) in [5.41, 5.74) is 4.82. The van der Waals surface area contributed by atoms with E-state index in [1.165, 1.54) is 16.8 Å². The van der Waals surface area contributed by atoms with Crippen LogP contribution in [0.2, 0.25) is 0 Å². The summed E-state index contributed by atoms with van der Waals surface area (Å²) in [5, 5.41) is 18.4. The van der Waals surface area contributed by atoms with Gasteiger partial charge in [0, 0.05) is 12.6 Å². The molecule has 0 radical (unpaired) electrons. The summed E-state index contributed by atoms with van der Waals surface area (Å²) in [6.45, 7) is -0.283. The molecule has 3 atom stereocenters. The number of aromatic nitrogens is 2. The lowest BCUT2D eigenvalue weighted by atomic mass is 11.1. The van der Waals surface area contributed by atoms with Crippen LogP contribution >= 0.6 is 0 Å². The average Bonchev–Trinajstić information content (AvgIpc) is 2.59. The Balaban J connectivity index is 2.23. The minimum Gasteiger partial charge on any atom is -0.394 e. The second-order valence-corrected chi connectivity index (χ2v) is 3.66. The second kappa shape index (κ2) is 4.20. The summed E-state index contributed by atoms with van der Waals surface area (Å²) in [6, 6.07) is 1.48. The molecule has 1 aromatic heterocycles. The Hall–Kier alpha value is -1.44. The maximum atomic E-state index is 11.5. The van der Waals surface area contributed by atoms with Crippen LogP contribution in [0.4, 0.5) is 5.82 Å². The maximum Gasteiger partial charge on any atom is 0.351 e. The van der Waals surface area contributed by atoms with Gasteiger partial charge in [0.1, 0.15) is 18.1 Å². The van der Waals surface area contributed by atoms with Crippen LogP contribution in [0, 0.1) is 0 Å². The fourth-order valence-electron chi connectivity index (χ4n) is 1.70. The van der Waals surface area contributed by atoms with Gasteiger partial charge < -0.3 is 20.7 Å². The van der Waals surface area contributed by atoms with Gasteiger partial charge >= 0.3 is 5.69 Å². The van der Waals surface area contributed by atoms with Crippen molar-refractivity contribution in [3.05, 3.63) is 22.7 Å². The van der Waals surface area contributed by atoms with E-state index in [1.807, 2.05) is 0 Å². The van der Waals surface area contributed by atoms with E-state index >= 15 is 0 Å². The van der Waals surface area contributed by atoms with Gasteiger partial charge in [-0.2, -0.15) is 4.98 Å². The highest BCUT2D eigenvalue weighted by Gasteiger charge is 2.34. The Morgan fingerprint density at radius 2 is 2.44 bits per heavy atom. The molecule has 2 heterocycles. The van der Waals surface area contributed by atoms with E-state index in [9.17, 15) is 9.90 Å². The van der Waals surface area contributed by atoms with Gasteiger partial charge in [0.15, 0.2) is 0 Å². The van der Waals surface area contributed by atoms with Gasteiger partial charge in [-0.3, -0.25) is 4.57 Å². The molecule has 1 saturated heterocycles. The van der Waals surface area contributed by atoms with Crippen LogP contribution in [0.25, 0.3) is 0 Å². The second-order valence-electron chi connectivity index (χ2n) is 3.66.